The molecular formula is C15H20FNO. The highest BCUT2D eigenvalue weighted by atomic mass is 19.1. The molecule has 3 heteroatoms. The van der Waals surface area contributed by atoms with E-state index in [-0.39, 0.29) is 17.0 Å². The smallest absolute Gasteiger partial charge is 0.139 e. The molecule has 0 aromatic heterocycles. The van der Waals surface area contributed by atoms with E-state index < -0.39 is 0 Å². The molecule has 0 saturated heterocycles. The summed E-state index contributed by atoms with van der Waals surface area (Å²) in [7, 11) is 0. The van der Waals surface area contributed by atoms with Crippen molar-refractivity contribution in [3.8, 4) is 0 Å². The van der Waals surface area contributed by atoms with E-state index in [1.54, 1.807) is 6.07 Å². The quantitative estimate of drug-likeness (QED) is 0.820. The number of benzene rings is 1. The fraction of sp³-hybridized carbons (Fsp3) is 0.533. The van der Waals surface area contributed by atoms with Gasteiger partial charge in [-0.1, -0.05) is 26.8 Å². The topological polar surface area (TPSA) is 20.3 Å². The van der Waals surface area contributed by atoms with Crippen LogP contribution in [0.1, 0.15) is 32.8 Å². The molecule has 0 amide bonds. The van der Waals surface area contributed by atoms with Gasteiger partial charge in [0, 0.05) is 30.6 Å². The SMILES string of the molecule is CC(C)(C)C(=O)CCN1CCc2ccc(F)cc21. The summed E-state index contributed by atoms with van der Waals surface area (Å²) < 4.78 is 13.2. The second kappa shape index (κ2) is 4.71. The molecule has 0 spiro atoms. The minimum absolute atomic E-state index is 0.206. The zero-order valence-electron chi connectivity index (χ0n) is 11.3. The van der Waals surface area contributed by atoms with Crippen molar-refractivity contribution in [3.05, 3.63) is 29.6 Å². The number of rotatable bonds is 3. The third kappa shape index (κ3) is 2.71. The zero-order valence-corrected chi connectivity index (χ0v) is 11.3. The first-order chi connectivity index (χ1) is 8.38. The Bertz CT molecular complexity index is 462. The summed E-state index contributed by atoms with van der Waals surface area (Å²) in [4.78, 5) is 14.0. The highest BCUT2D eigenvalue weighted by Crippen LogP contribution is 2.29. The van der Waals surface area contributed by atoms with Crippen molar-refractivity contribution in [2.24, 2.45) is 5.41 Å². The van der Waals surface area contributed by atoms with Gasteiger partial charge in [-0.25, -0.2) is 4.39 Å². The number of carbonyl (C=O) groups is 1. The first-order valence-corrected chi connectivity index (χ1v) is 6.44. The standard InChI is InChI=1S/C15H20FNO/c1-15(2,3)14(18)7-9-17-8-6-11-4-5-12(16)10-13(11)17/h4-5,10H,6-9H2,1-3H3. The van der Waals surface area contributed by atoms with Gasteiger partial charge in [0.15, 0.2) is 0 Å². The first kappa shape index (κ1) is 13.1. The lowest BCUT2D eigenvalue weighted by atomic mass is 9.89. The van der Waals surface area contributed by atoms with Crippen LogP contribution in [0.2, 0.25) is 0 Å². The van der Waals surface area contributed by atoms with Gasteiger partial charge in [-0.2, -0.15) is 0 Å². The minimum atomic E-state index is -0.287. The Balaban J connectivity index is 2.02. The van der Waals surface area contributed by atoms with Crippen LogP contribution >= 0.6 is 0 Å². The van der Waals surface area contributed by atoms with Crippen molar-refractivity contribution in [2.75, 3.05) is 18.0 Å². The van der Waals surface area contributed by atoms with Crippen molar-refractivity contribution in [1.29, 1.82) is 0 Å². The Morgan fingerprint density at radius 3 is 2.78 bits per heavy atom. The van der Waals surface area contributed by atoms with E-state index in [0.717, 1.165) is 18.7 Å². The Hall–Kier alpha value is -1.38. The number of carbonyl (C=O) groups excluding carboxylic acids is 1. The number of Topliss-reactive ketones (excluding diaryl/α,β-unsaturated/α-hetero) is 1. The molecule has 1 aliphatic rings. The number of halogens is 1. The van der Waals surface area contributed by atoms with Gasteiger partial charge in [0.1, 0.15) is 11.6 Å². The average molecular weight is 249 g/mol. The van der Waals surface area contributed by atoms with Crippen molar-refractivity contribution < 1.29 is 9.18 Å². The molecule has 0 atom stereocenters. The van der Waals surface area contributed by atoms with Gasteiger partial charge in [-0.15, -0.1) is 0 Å². The second-order valence-electron chi connectivity index (χ2n) is 5.93. The average Bonchev–Trinajstić information content (AvgIpc) is 2.67. The molecule has 0 fully saturated rings. The molecule has 1 aromatic rings. The van der Waals surface area contributed by atoms with E-state index in [2.05, 4.69) is 4.90 Å². The van der Waals surface area contributed by atoms with E-state index >= 15 is 0 Å². The molecule has 1 heterocycles. The summed E-state index contributed by atoms with van der Waals surface area (Å²) in [6.07, 6.45) is 1.47. The third-order valence-electron chi connectivity index (χ3n) is 3.48. The van der Waals surface area contributed by atoms with E-state index in [1.165, 1.54) is 11.6 Å². The van der Waals surface area contributed by atoms with Crippen LogP contribution in [0.25, 0.3) is 0 Å². The number of fused-ring (bicyclic) bond motifs is 1. The molecule has 1 aromatic carbocycles. The van der Waals surface area contributed by atoms with Gasteiger partial charge in [-0.3, -0.25) is 4.79 Å². The van der Waals surface area contributed by atoms with Gasteiger partial charge >= 0.3 is 0 Å². The highest BCUT2D eigenvalue weighted by molar-refractivity contribution is 5.84. The molecule has 0 bridgehead atoms. The Labute approximate surface area is 108 Å². The van der Waals surface area contributed by atoms with Gasteiger partial charge in [-0.05, 0) is 24.1 Å². The van der Waals surface area contributed by atoms with Crippen molar-refractivity contribution >= 4 is 11.5 Å². The molecular weight excluding hydrogens is 229 g/mol. The monoisotopic (exact) mass is 249 g/mol. The summed E-state index contributed by atoms with van der Waals surface area (Å²) in [5.74, 6) is 0.0511. The Morgan fingerprint density at radius 2 is 2.11 bits per heavy atom. The molecule has 0 N–H and O–H groups in total. The summed E-state index contributed by atoms with van der Waals surface area (Å²) in [6.45, 7) is 7.38. The minimum Gasteiger partial charge on any atom is -0.370 e. The molecule has 2 nitrogen and oxygen atoms in total. The molecule has 0 unspecified atom stereocenters. The van der Waals surface area contributed by atoms with E-state index in [9.17, 15) is 9.18 Å². The second-order valence-corrected chi connectivity index (χ2v) is 5.93. The van der Waals surface area contributed by atoms with Crippen LogP contribution in [-0.2, 0) is 11.2 Å². The number of nitrogens with zero attached hydrogens (tertiary/aromatic N) is 1. The Morgan fingerprint density at radius 1 is 1.39 bits per heavy atom. The van der Waals surface area contributed by atoms with E-state index in [1.807, 2.05) is 26.8 Å². The van der Waals surface area contributed by atoms with Crippen LogP contribution in [0.15, 0.2) is 18.2 Å². The van der Waals surface area contributed by atoms with Crippen molar-refractivity contribution in [2.45, 2.75) is 33.6 Å². The van der Waals surface area contributed by atoms with Crippen LogP contribution in [0, 0.1) is 11.2 Å². The number of ketones is 1. The molecule has 0 saturated carbocycles. The molecule has 0 aliphatic carbocycles. The predicted molar refractivity (Wildman–Crippen MR) is 71.4 cm³/mol. The molecule has 0 radical (unpaired) electrons. The summed E-state index contributed by atoms with van der Waals surface area (Å²) >= 11 is 0. The largest absolute Gasteiger partial charge is 0.370 e. The lowest BCUT2D eigenvalue weighted by Crippen LogP contribution is -2.28. The Kier molecular flexibility index (Phi) is 3.42. The predicted octanol–water partition coefficient (Wildman–Crippen LogP) is 3.19. The molecule has 98 valence electrons. The first-order valence-electron chi connectivity index (χ1n) is 6.44. The molecule has 2 rings (SSSR count). The maximum absolute atomic E-state index is 13.2. The van der Waals surface area contributed by atoms with E-state index in [0.29, 0.717) is 13.0 Å². The van der Waals surface area contributed by atoms with Crippen LogP contribution in [0.4, 0.5) is 10.1 Å². The molecule has 1 aliphatic heterocycles. The lowest BCUT2D eigenvalue weighted by molar-refractivity contribution is -0.126. The number of hydrogen-bond acceptors (Lipinski definition) is 2. The van der Waals surface area contributed by atoms with Crippen LogP contribution in [-0.4, -0.2) is 18.9 Å². The van der Waals surface area contributed by atoms with Crippen LogP contribution in [0.3, 0.4) is 0 Å². The van der Waals surface area contributed by atoms with Crippen LogP contribution in [0.5, 0.6) is 0 Å². The zero-order chi connectivity index (χ0) is 13.3. The highest BCUT2D eigenvalue weighted by Gasteiger charge is 2.24. The van der Waals surface area contributed by atoms with Gasteiger partial charge in [0.25, 0.3) is 0 Å². The van der Waals surface area contributed by atoms with Crippen LogP contribution < -0.4 is 4.90 Å². The third-order valence-corrected chi connectivity index (χ3v) is 3.48. The summed E-state index contributed by atoms with van der Waals surface area (Å²) in [5, 5.41) is 0. The fourth-order valence-electron chi connectivity index (χ4n) is 2.26. The van der Waals surface area contributed by atoms with Gasteiger partial charge < -0.3 is 4.90 Å². The van der Waals surface area contributed by atoms with Gasteiger partial charge in [0.05, 0.1) is 0 Å². The summed E-state index contributed by atoms with van der Waals surface area (Å²) in [5.41, 5.74) is 1.85. The molecule has 18 heavy (non-hydrogen) atoms. The van der Waals surface area contributed by atoms with Crippen molar-refractivity contribution in [1.82, 2.24) is 0 Å². The lowest BCUT2D eigenvalue weighted by Gasteiger charge is -2.22. The fourth-order valence-corrected chi connectivity index (χ4v) is 2.26. The van der Waals surface area contributed by atoms with E-state index in [4.69, 9.17) is 0 Å². The number of anilines is 1. The van der Waals surface area contributed by atoms with Crippen molar-refractivity contribution in [3.63, 3.8) is 0 Å². The maximum atomic E-state index is 13.2. The summed E-state index contributed by atoms with van der Waals surface area (Å²) in [6, 6.07) is 4.92. The van der Waals surface area contributed by atoms with Gasteiger partial charge in [0.2, 0.25) is 0 Å². The maximum Gasteiger partial charge on any atom is 0.139 e. The number of hydrogen-bond donors (Lipinski definition) is 0. The normalized spacial score (nSPS) is 14.8.